The molecule has 0 aromatic carbocycles. The van der Waals surface area contributed by atoms with E-state index in [0.717, 1.165) is 0 Å². The fourth-order valence-corrected chi connectivity index (χ4v) is 1.45. The van der Waals surface area contributed by atoms with Crippen molar-refractivity contribution < 1.29 is 19.1 Å². The first-order valence-electron chi connectivity index (χ1n) is 5.79. The Morgan fingerprint density at radius 2 is 2.33 bits per heavy atom. The standard InChI is InChI=1S/C12H20N2O4/c1-12(16,8-10-4-3-6-18-10)9-14-11(15)13-5-7-17-2/h3-4,6,16H,5,7-9H2,1-2H3,(H2,13,14,15)/t12-/m1/s1. The summed E-state index contributed by atoms with van der Waals surface area (Å²) in [4.78, 5) is 11.4. The topological polar surface area (TPSA) is 83.7 Å². The van der Waals surface area contributed by atoms with Crippen LogP contribution in [0, 0.1) is 0 Å². The van der Waals surface area contributed by atoms with Crippen LogP contribution < -0.4 is 10.6 Å². The van der Waals surface area contributed by atoms with E-state index in [1.807, 2.05) is 0 Å². The van der Waals surface area contributed by atoms with Gasteiger partial charge < -0.3 is 24.9 Å². The minimum atomic E-state index is -1.05. The van der Waals surface area contributed by atoms with E-state index < -0.39 is 5.60 Å². The SMILES string of the molecule is COCCNC(=O)NC[C@](C)(O)Cc1ccco1. The molecule has 1 aromatic heterocycles. The molecule has 0 spiro atoms. The number of nitrogens with one attached hydrogen (secondary N) is 2. The third kappa shape index (κ3) is 5.70. The molecule has 1 rings (SSSR count). The highest BCUT2D eigenvalue weighted by Crippen LogP contribution is 2.12. The summed E-state index contributed by atoms with van der Waals surface area (Å²) < 4.78 is 9.95. The maximum absolute atomic E-state index is 11.4. The van der Waals surface area contributed by atoms with Crippen molar-refractivity contribution in [2.45, 2.75) is 18.9 Å². The molecule has 102 valence electrons. The second kappa shape index (κ2) is 7.03. The number of ether oxygens (including phenoxy) is 1. The van der Waals surface area contributed by atoms with E-state index in [0.29, 0.717) is 25.3 Å². The Morgan fingerprint density at radius 3 is 2.94 bits per heavy atom. The van der Waals surface area contributed by atoms with Gasteiger partial charge >= 0.3 is 6.03 Å². The summed E-state index contributed by atoms with van der Waals surface area (Å²) in [5, 5.41) is 15.3. The second-order valence-corrected chi connectivity index (χ2v) is 4.36. The van der Waals surface area contributed by atoms with Crippen molar-refractivity contribution in [1.29, 1.82) is 0 Å². The molecule has 1 heterocycles. The van der Waals surface area contributed by atoms with Gasteiger partial charge in [-0.2, -0.15) is 0 Å². The number of rotatable bonds is 7. The van der Waals surface area contributed by atoms with Gasteiger partial charge in [-0.05, 0) is 19.1 Å². The van der Waals surface area contributed by atoms with E-state index in [1.54, 1.807) is 32.4 Å². The molecule has 6 nitrogen and oxygen atoms in total. The van der Waals surface area contributed by atoms with Crippen LogP contribution in [0.25, 0.3) is 0 Å². The minimum Gasteiger partial charge on any atom is -0.469 e. The van der Waals surface area contributed by atoms with Gasteiger partial charge in [-0.25, -0.2) is 4.79 Å². The number of urea groups is 1. The van der Waals surface area contributed by atoms with Gasteiger partial charge in [0.05, 0.1) is 18.5 Å². The summed E-state index contributed by atoms with van der Waals surface area (Å²) >= 11 is 0. The molecule has 2 amide bonds. The van der Waals surface area contributed by atoms with Crippen LogP contribution in [0.5, 0.6) is 0 Å². The van der Waals surface area contributed by atoms with Crippen LogP contribution in [0.2, 0.25) is 0 Å². The Hall–Kier alpha value is -1.53. The van der Waals surface area contributed by atoms with E-state index in [-0.39, 0.29) is 12.6 Å². The van der Waals surface area contributed by atoms with Crippen LogP contribution in [0.15, 0.2) is 22.8 Å². The molecule has 1 atom stereocenters. The molecule has 0 aliphatic heterocycles. The Kier molecular flexibility index (Phi) is 5.67. The lowest BCUT2D eigenvalue weighted by atomic mass is 10.0. The van der Waals surface area contributed by atoms with Gasteiger partial charge in [0.1, 0.15) is 5.76 Å². The quantitative estimate of drug-likeness (QED) is 0.621. The molecule has 0 aliphatic rings. The number of carbonyl (C=O) groups is 1. The second-order valence-electron chi connectivity index (χ2n) is 4.36. The Morgan fingerprint density at radius 1 is 1.56 bits per heavy atom. The zero-order valence-corrected chi connectivity index (χ0v) is 10.7. The van der Waals surface area contributed by atoms with Crippen LogP contribution in [0.3, 0.4) is 0 Å². The summed E-state index contributed by atoms with van der Waals surface area (Å²) in [6.45, 7) is 2.68. The number of amides is 2. The van der Waals surface area contributed by atoms with Crippen LogP contribution in [-0.2, 0) is 11.2 Å². The summed E-state index contributed by atoms with van der Waals surface area (Å²) in [6.07, 6.45) is 1.90. The van der Waals surface area contributed by atoms with Gasteiger partial charge in [0.2, 0.25) is 0 Å². The molecule has 3 N–H and O–H groups in total. The van der Waals surface area contributed by atoms with Crippen LogP contribution in [0.1, 0.15) is 12.7 Å². The molecule has 0 saturated carbocycles. The van der Waals surface area contributed by atoms with Crippen LogP contribution in [-0.4, -0.2) is 43.5 Å². The highest BCUT2D eigenvalue weighted by molar-refractivity contribution is 5.73. The van der Waals surface area contributed by atoms with Gasteiger partial charge in [0.25, 0.3) is 0 Å². The number of carbonyl (C=O) groups excluding carboxylic acids is 1. The highest BCUT2D eigenvalue weighted by atomic mass is 16.5. The van der Waals surface area contributed by atoms with Crippen molar-refractivity contribution in [2.24, 2.45) is 0 Å². The molecule has 6 heteroatoms. The van der Waals surface area contributed by atoms with E-state index in [1.165, 1.54) is 0 Å². The van der Waals surface area contributed by atoms with Gasteiger partial charge in [-0.15, -0.1) is 0 Å². The monoisotopic (exact) mass is 256 g/mol. The zero-order chi connectivity index (χ0) is 13.4. The molecule has 0 saturated heterocycles. The van der Waals surface area contributed by atoms with Crippen LogP contribution in [0.4, 0.5) is 4.79 Å². The summed E-state index contributed by atoms with van der Waals surface area (Å²) in [5.41, 5.74) is -1.05. The van der Waals surface area contributed by atoms with Crippen molar-refractivity contribution in [3.05, 3.63) is 24.2 Å². The van der Waals surface area contributed by atoms with Gasteiger partial charge in [0, 0.05) is 26.6 Å². The van der Waals surface area contributed by atoms with E-state index in [2.05, 4.69) is 10.6 Å². The lowest BCUT2D eigenvalue weighted by molar-refractivity contribution is 0.0571. The number of hydrogen-bond acceptors (Lipinski definition) is 4. The van der Waals surface area contributed by atoms with Crippen molar-refractivity contribution in [3.8, 4) is 0 Å². The summed E-state index contributed by atoms with van der Waals surface area (Å²) in [6, 6.07) is 3.22. The Bertz CT molecular complexity index is 349. The fraction of sp³-hybridized carbons (Fsp3) is 0.583. The molecular formula is C12H20N2O4. The molecule has 0 unspecified atom stereocenters. The number of furan rings is 1. The first-order valence-corrected chi connectivity index (χ1v) is 5.79. The minimum absolute atomic E-state index is 0.145. The third-order valence-corrected chi connectivity index (χ3v) is 2.36. The summed E-state index contributed by atoms with van der Waals surface area (Å²) in [5.74, 6) is 0.682. The Labute approximate surface area is 106 Å². The van der Waals surface area contributed by atoms with E-state index in [9.17, 15) is 9.90 Å². The molecule has 18 heavy (non-hydrogen) atoms. The van der Waals surface area contributed by atoms with Gasteiger partial charge in [-0.3, -0.25) is 0 Å². The number of methoxy groups -OCH3 is 1. The maximum atomic E-state index is 11.4. The zero-order valence-electron chi connectivity index (χ0n) is 10.7. The first-order chi connectivity index (χ1) is 8.53. The predicted molar refractivity (Wildman–Crippen MR) is 66.3 cm³/mol. The molecular weight excluding hydrogens is 236 g/mol. The molecule has 0 fully saturated rings. The highest BCUT2D eigenvalue weighted by Gasteiger charge is 2.23. The molecule has 1 aromatic rings. The van der Waals surface area contributed by atoms with Gasteiger partial charge in [-0.1, -0.05) is 0 Å². The van der Waals surface area contributed by atoms with Crippen molar-refractivity contribution in [1.82, 2.24) is 10.6 Å². The molecule has 0 radical (unpaired) electrons. The smallest absolute Gasteiger partial charge is 0.314 e. The largest absolute Gasteiger partial charge is 0.469 e. The number of hydrogen-bond donors (Lipinski definition) is 3. The van der Waals surface area contributed by atoms with Crippen LogP contribution >= 0.6 is 0 Å². The third-order valence-electron chi connectivity index (χ3n) is 2.36. The first kappa shape index (κ1) is 14.5. The normalized spacial score (nSPS) is 13.9. The lowest BCUT2D eigenvalue weighted by Gasteiger charge is -2.22. The van der Waals surface area contributed by atoms with E-state index in [4.69, 9.17) is 9.15 Å². The number of aliphatic hydroxyl groups is 1. The van der Waals surface area contributed by atoms with E-state index >= 15 is 0 Å². The average molecular weight is 256 g/mol. The van der Waals surface area contributed by atoms with Crippen molar-refractivity contribution in [2.75, 3.05) is 26.8 Å². The average Bonchev–Trinajstić information content (AvgIpc) is 2.79. The molecule has 0 aliphatic carbocycles. The fourth-order valence-electron chi connectivity index (χ4n) is 1.45. The lowest BCUT2D eigenvalue weighted by Crippen LogP contribution is -2.46. The molecule has 0 bridgehead atoms. The van der Waals surface area contributed by atoms with Gasteiger partial charge in [0.15, 0.2) is 0 Å². The maximum Gasteiger partial charge on any atom is 0.314 e. The predicted octanol–water partition coefficient (Wildman–Crippen LogP) is 0.519. The Balaban J connectivity index is 2.26. The van der Waals surface area contributed by atoms with Crippen molar-refractivity contribution >= 4 is 6.03 Å². The van der Waals surface area contributed by atoms with Crippen molar-refractivity contribution in [3.63, 3.8) is 0 Å². The summed E-state index contributed by atoms with van der Waals surface area (Å²) in [7, 11) is 1.56.